The van der Waals surface area contributed by atoms with Crippen molar-refractivity contribution in [3.8, 4) is 0 Å². The summed E-state index contributed by atoms with van der Waals surface area (Å²) in [7, 11) is 0. The van der Waals surface area contributed by atoms with Crippen LogP contribution in [0.5, 0.6) is 0 Å². The van der Waals surface area contributed by atoms with Crippen LogP contribution in [0.25, 0.3) is 0 Å². The summed E-state index contributed by atoms with van der Waals surface area (Å²) in [5, 5.41) is 0.652. The lowest BCUT2D eigenvalue weighted by molar-refractivity contribution is -0.136. The van der Waals surface area contributed by atoms with E-state index in [0.717, 1.165) is 12.0 Å². The summed E-state index contributed by atoms with van der Waals surface area (Å²) < 4.78 is 5.48. The Balaban J connectivity index is 1.64. The van der Waals surface area contributed by atoms with Crippen molar-refractivity contribution in [3.05, 3.63) is 47.5 Å². The van der Waals surface area contributed by atoms with Crippen LogP contribution in [0.15, 0.2) is 42.0 Å². The topological polar surface area (TPSA) is 26.3 Å². The summed E-state index contributed by atoms with van der Waals surface area (Å²) in [6, 6.07) is 10.3. The van der Waals surface area contributed by atoms with Gasteiger partial charge < -0.3 is 4.74 Å². The Labute approximate surface area is 124 Å². The first kappa shape index (κ1) is 13.7. The van der Waals surface area contributed by atoms with E-state index < -0.39 is 0 Å². The molecule has 2 nitrogen and oxygen atoms in total. The summed E-state index contributed by atoms with van der Waals surface area (Å²) in [4.78, 5) is 11.6. The van der Waals surface area contributed by atoms with Crippen LogP contribution in [0.1, 0.15) is 37.7 Å². The average Bonchev–Trinajstić information content (AvgIpc) is 2.81. The van der Waals surface area contributed by atoms with Crippen molar-refractivity contribution in [2.24, 2.45) is 0 Å². The van der Waals surface area contributed by atoms with Gasteiger partial charge >= 0.3 is 5.97 Å². The number of benzene rings is 1. The quantitative estimate of drug-likeness (QED) is 0.780. The molecule has 1 aliphatic carbocycles. The van der Waals surface area contributed by atoms with E-state index in [1.165, 1.54) is 37.7 Å². The second kappa shape index (κ2) is 6.49. The van der Waals surface area contributed by atoms with Crippen molar-refractivity contribution in [1.82, 2.24) is 0 Å². The maximum atomic E-state index is 11.6. The lowest BCUT2D eigenvalue weighted by Crippen LogP contribution is -2.17. The number of esters is 1. The zero-order valence-corrected chi connectivity index (χ0v) is 12.4. The van der Waals surface area contributed by atoms with Crippen LogP contribution >= 0.6 is 11.8 Å². The molecule has 1 aromatic rings. The maximum absolute atomic E-state index is 11.6. The highest BCUT2D eigenvalue weighted by Crippen LogP contribution is 2.37. The summed E-state index contributed by atoms with van der Waals surface area (Å²) in [6.07, 6.45) is 9.01. The number of carbonyl (C=O) groups is 1. The third kappa shape index (κ3) is 3.45. The summed E-state index contributed by atoms with van der Waals surface area (Å²) >= 11 is 1.85. The van der Waals surface area contributed by atoms with Crippen LogP contribution in [0.2, 0.25) is 0 Å². The van der Waals surface area contributed by atoms with E-state index >= 15 is 0 Å². The number of hydrogen-bond donors (Lipinski definition) is 0. The van der Waals surface area contributed by atoms with E-state index in [0.29, 0.717) is 5.25 Å². The molecule has 1 unspecified atom stereocenters. The summed E-state index contributed by atoms with van der Waals surface area (Å²) in [5.74, 6) is -0.177. The highest BCUT2D eigenvalue weighted by molar-refractivity contribution is 8.00. The number of hydrogen-bond acceptors (Lipinski definition) is 3. The Bertz CT molecular complexity index is 489. The van der Waals surface area contributed by atoms with Crippen molar-refractivity contribution in [1.29, 1.82) is 0 Å². The van der Waals surface area contributed by atoms with Crippen LogP contribution in [0.3, 0.4) is 0 Å². The fourth-order valence-corrected chi connectivity index (χ4v) is 4.32. The molecule has 1 fully saturated rings. The zero-order chi connectivity index (χ0) is 13.8. The van der Waals surface area contributed by atoms with Crippen LogP contribution < -0.4 is 0 Å². The second-order valence-electron chi connectivity index (χ2n) is 5.55. The molecule has 1 atom stereocenters. The van der Waals surface area contributed by atoms with Gasteiger partial charge in [-0.2, -0.15) is 0 Å². The molecule has 1 heterocycles. The van der Waals surface area contributed by atoms with Crippen molar-refractivity contribution in [3.63, 3.8) is 0 Å². The highest BCUT2D eigenvalue weighted by atomic mass is 32.2. The lowest BCUT2D eigenvalue weighted by atomic mass is 10.0. The van der Waals surface area contributed by atoms with Gasteiger partial charge in [0.05, 0.1) is 0 Å². The Morgan fingerprint density at radius 2 is 1.85 bits per heavy atom. The van der Waals surface area contributed by atoms with Crippen molar-refractivity contribution >= 4 is 17.7 Å². The van der Waals surface area contributed by atoms with Gasteiger partial charge in [0.25, 0.3) is 0 Å². The molecule has 3 heteroatoms. The maximum Gasteiger partial charge on any atom is 0.332 e. The van der Waals surface area contributed by atoms with Gasteiger partial charge in [-0.1, -0.05) is 49.6 Å². The SMILES string of the molecule is O=C1C=C(Cc2ccccc2)C(SC2CCCCC2)O1. The molecule has 2 aliphatic rings. The monoisotopic (exact) mass is 288 g/mol. The van der Waals surface area contributed by atoms with E-state index in [1.807, 2.05) is 30.0 Å². The van der Waals surface area contributed by atoms with Gasteiger partial charge in [0.15, 0.2) is 5.44 Å². The molecule has 0 saturated heterocycles. The number of cyclic esters (lactones) is 1. The molecule has 0 spiro atoms. The molecule has 1 aromatic carbocycles. The number of carbonyl (C=O) groups excluding carboxylic acids is 1. The van der Waals surface area contributed by atoms with Gasteiger partial charge in [0, 0.05) is 11.3 Å². The van der Waals surface area contributed by atoms with E-state index in [-0.39, 0.29) is 11.4 Å². The summed E-state index contributed by atoms with van der Waals surface area (Å²) in [5.41, 5.74) is 2.30. The number of ether oxygens (including phenoxy) is 1. The summed E-state index contributed by atoms with van der Waals surface area (Å²) in [6.45, 7) is 0. The van der Waals surface area contributed by atoms with E-state index in [9.17, 15) is 4.79 Å². The molecule has 3 rings (SSSR count). The van der Waals surface area contributed by atoms with Gasteiger partial charge in [-0.3, -0.25) is 0 Å². The minimum atomic E-state index is -0.177. The Morgan fingerprint density at radius 3 is 2.60 bits per heavy atom. The van der Waals surface area contributed by atoms with E-state index in [2.05, 4.69) is 12.1 Å². The first-order chi connectivity index (χ1) is 9.81. The molecule has 1 aliphatic heterocycles. The van der Waals surface area contributed by atoms with Crippen LogP contribution in [-0.2, 0) is 16.0 Å². The Morgan fingerprint density at radius 1 is 1.10 bits per heavy atom. The average molecular weight is 288 g/mol. The third-order valence-corrected chi connectivity index (χ3v) is 5.45. The molecule has 0 bridgehead atoms. The van der Waals surface area contributed by atoms with Crippen LogP contribution in [0.4, 0.5) is 0 Å². The van der Waals surface area contributed by atoms with Crippen LogP contribution in [0, 0.1) is 0 Å². The molecule has 20 heavy (non-hydrogen) atoms. The predicted molar refractivity (Wildman–Crippen MR) is 82.6 cm³/mol. The molecule has 0 N–H and O–H groups in total. The fourth-order valence-electron chi connectivity index (χ4n) is 2.89. The highest BCUT2D eigenvalue weighted by Gasteiger charge is 2.29. The van der Waals surface area contributed by atoms with Gasteiger partial charge in [-0.15, -0.1) is 11.8 Å². The number of rotatable bonds is 4. The molecular formula is C17H20O2S. The fraction of sp³-hybridized carbons (Fsp3) is 0.471. The van der Waals surface area contributed by atoms with Crippen molar-refractivity contribution in [2.75, 3.05) is 0 Å². The van der Waals surface area contributed by atoms with Gasteiger partial charge in [0.1, 0.15) is 0 Å². The minimum absolute atomic E-state index is 0.0641. The smallest absolute Gasteiger partial charge is 0.332 e. The Kier molecular flexibility index (Phi) is 4.46. The van der Waals surface area contributed by atoms with E-state index in [4.69, 9.17) is 4.74 Å². The molecule has 0 amide bonds. The zero-order valence-electron chi connectivity index (χ0n) is 11.6. The van der Waals surface area contributed by atoms with Crippen LogP contribution in [-0.4, -0.2) is 16.7 Å². The largest absolute Gasteiger partial charge is 0.443 e. The third-order valence-electron chi connectivity index (χ3n) is 3.95. The first-order valence-corrected chi connectivity index (χ1v) is 8.36. The minimum Gasteiger partial charge on any atom is -0.443 e. The van der Waals surface area contributed by atoms with E-state index in [1.54, 1.807) is 6.08 Å². The second-order valence-corrected chi connectivity index (χ2v) is 6.91. The van der Waals surface area contributed by atoms with Crippen molar-refractivity contribution < 1.29 is 9.53 Å². The Hall–Kier alpha value is -1.22. The standard InChI is InChI=1S/C17H20O2S/c18-16-12-14(11-13-7-3-1-4-8-13)17(19-16)20-15-9-5-2-6-10-15/h1,3-4,7-8,12,15,17H,2,5-6,9-11H2. The normalized spacial score (nSPS) is 23.5. The molecule has 106 valence electrons. The molecular weight excluding hydrogens is 268 g/mol. The first-order valence-electron chi connectivity index (χ1n) is 7.42. The van der Waals surface area contributed by atoms with Gasteiger partial charge in [-0.25, -0.2) is 4.79 Å². The molecule has 0 radical (unpaired) electrons. The number of thioether (sulfide) groups is 1. The van der Waals surface area contributed by atoms with Crippen molar-refractivity contribution in [2.45, 2.75) is 49.2 Å². The molecule has 0 aromatic heterocycles. The predicted octanol–water partition coefficient (Wildman–Crippen LogP) is 4.10. The molecule has 1 saturated carbocycles. The lowest BCUT2D eigenvalue weighted by Gasteiger charge is -2.24. The van der Waals surface area contributed by atoms with Gasteiger partial charge in [-0.05, 0) is 30.4 Å². The van der Waals surface area contributed by atoms with Gasteiger partial charge in [0.2, 0.25) is 0 Å².